The average Bonchev–Trinajstić information content (AvgIpc) is 2.82. The summed E-state index contributed by atoms with van der Waals surface area (Å²) in [5.41, 5.74) is 1.35. The molecule has 0 bridgehead atoms. The Balaban J connectivity index is 1.99. The van der Waals surface area contributed by atoms with Gasteiger partial charge in [0, 0.05) is 44.0 Å². The molecule has 1 heterocycles. The highest BCUT2D eigenvalue weighted by molar-refractivity contribution is 5.91. The maximum atomic E-state index is 13.4. The first-order chi connectivity index (χ1) is 9.56. The van der Waals surface area contributed by atoms with E-state index in [1.54, 1.807) is 41.0 Å². The van der Waals surface area contributed by atoms with Crippen molar-refractivity contribution in [2.45, 2.75) is 6.54 Å². The number of carbonyl (C=O) groups is 1. The number of nitrogens with zero attached hydrogens (tertiary/aromatic N) is 3. The molecular weight excluding hydrogens is 257 g/mol. The first-order valence-corrected chi connectivity index (χ1v) is 6.21. The van der Waals surface area contributed by atoms with E-state index in [9.17, 15) is 9.18 Å². The number of halogens is 1. The summed E-state index contributed by atoms with van der Waals surface area (Å²) >= 11 is 0. The van der Waals surface area contributed by atoms with Crippen molar-refractivity contribution in [2.24, 2.45) is 7.05 Å². The molecule has 1 amide bonds. The van der Waals surface area contributed by atoms with E-state index in [1.165, 1.54) is 18.2 Å². The third kappa shape index (κ3) is 3.54. The molecule has 0 saturated heterocycles. The molecular formula is C15H16FN3O. The van der Waals surface area contributed by atoms with Gasteiger partial charge in [-0.15, -0.1) is 0 Å². The van der Waals surface area contributed by atoms with Gasteiger partial charge in [-0.2, -0.15) is 5.10 Å². The number of benzene rings is 1. The van der Waals surface area contributed by atoms with E-state index in [0.29, 0.717) is 12.1 Å². The SMILES string of the molecule is CN(Cc1cnn(C)c1)C(=O)/C=C/c1ccccc1F. The van der Waals surface area contributed by atoms with Crippen LogP contribution in [0.25, 0.3) is 6.08 Å². The van der Waals surface area contributed by atoms with Crippen LogP contribution in [0.3, 0.4) is 0 Å². The first-order valence-electron chi connectivity index (χ1n) is 6.21. The summed E-state index contributed by atoms with van der Waals surface area (Å²) in [5.74, 6) is -0.524. The van der Waals surface area contributed by atoms with Crippen LogP contribution in [0.2, 0.25) is 0 Å². The van der Waals surface area contributed by atoms with E-state index >= 15 is 0 Å². The molecule has 0 aliphatic carbocycles. The zero-order valence-electron chi connectivity index (χ0n) is 11.5. The van der Waals surface area contributed by atoms with E-state index < -0.39 is 0 Å². The van der Waals surface area contributed by atoms with Gasteiger partial charge in [-0.25, -0.2) is 4.39 Å². The maximum absolute atomic E-state index is 13.4. The fraction of sp³-hybridized carbons (Fsp3) is 0.200. The molecule has 0 saturated carbocycles. The van der Waals surface area contributed by atoms with Gasteiger partial charge in [0.05, 0.1) is 6.20 Å². The van der Waals surface area contributed by atoms with Crippen molar-refractivity contribution in [3.63, 3.8) is 0 Å². The van der Waals surface area contributed by atoms with Crippen molar-refractivity contribution in [3.05, 3.63) is 59.7 Å². The minimum absolute atomic E-state index is 0.183. The second kappa shape index (κ2) is 6.14. The van der Waals surface area contributed by atoms with Crippen molar-refractivity contribution < 1.29 is 9.18 Å². The minimum Gasteiger partial charge on any atom is -0.338 e. The van der Waals surface area contributed by atoms with Crippen LogP contribution in [0.1, 0.15) is 11.1 Å². The maximum Gasteiger partial charge on any atom is 0.246 e. The Hall–Kier alpha value is -2.43. The van der Waals surface area contributed by atoms with E-state index in [1.807, 2.05) is 13.2 Å². The highest BCUT2D eigenvalue weighted by Gasteiger charge is 2.07. The van der Waals surface area contributed by atoms with Crippen LogP contribution in [-0.2, 0) is 18.4 Å². The molecule has 1 aromatic heterocycles. The topological polar surface area (TPSA) is 38.1 Å². The van der Waals surface area contributed by atoms with Gasteiger partial charge in [0.2, 0.25) is 5.91 Å². The van der Waals surface area contributed by atoms with Crippen LogP contribution in [0, 0.1) is 5.82 Å². The van der Waals surface area contributed by atoms with Gasteiger partial charge in [-0.1, -0.05) is 18.2 Å². The van der Waals surface area contributed by atoms with E-state index in [4.69, 9.17) is 0 Å². The Labute approximate surface area is 117 Å². The number of aryl methyl sites for hydroxylation is 1. The summed E-state index contributed by atoms with van der Waals surface area (Å²) in [7, 11) is 3.52. The third-order valence-corrected chi connectivity index (χ3v) is 2.87. The molecule has 0 spiro atoms. The Morgan fingerprint density at radius 2 is 2.20 bits per heavy atom. The highest BCUT2D eigenvalue weighted by atomic mass is 19.1. The Morgan fingerprint density at radius 1 is 1.45 bits per heavy atom. The van der Waals surface area contributed by atoms with Crippen molar-refractivity contribution in [3.8, 4) is 0 Å². The summed E-state index contributed by atoms with van der Waals surface area (Å²) in [6.07, 6.45) is 6.42. The molecule has 0 atom stereocenters. The van der Waals surface area contributed by atoms with Crippen LogP contribution in [0.4, 0.5) is 4.39 Å². The first kappa shape index (κ1) is 14.0. The van der Waals surface area contributed by atoms with Crippen LogP contribution >= 0.6 is 0 Å². The lowest BCUT2D eigenvalue weighted by Crippen LogP contribution is -2.23. The molecule has 0 radical (unpaired) electrons. The molecule has 0 N–H and O–H groups in total. The Bertz CT molecular complexity index is 634. The van der Waals surface area contributed by atoms with Gasteiger partial charge in [0.25, 0.3) is 0 Å². The number of likely N-dealkylation sites (N-methyl/N-ethyl adjacent to an activating group) is 1. The molecule has 1 aromatic carbocycles. The zero-order chi connectivity index (χ0) is 14.5. The normalized spacial score (nSPS) is 10.9. The lowest BCUT2D eigenvalue weighted by molar-refractivity contribution is -0.125. The van der Waals surface area contributed by atoms with Crippen molar-refractivity contribution in [2.75, 3.05) is 7.05 Å². The molecule has 0 unspecified atom stereocenters. The van der Waals surface area contributed by atoms with Crippen molar-refractivity contribution >= 4 is 12.0 Å². The summed E-state index contributed by atoms with van der Waals surface area (Å²) in [6.45, 7) is 0.467. The fourth-order valence-electron chi connectivity index (χ4n) is 1.80. The third-order valence-electron chi connectivity index (χ3n) is 2.87. The number of hydrogen-bond donors (Lipinski definition) is 0. The minimum atomic E-state index is -0.341. The molecule has 2 rings (SSSR count). The van der Waals surface area contributed by atoms with Crippen LogP contribution in [-0.4, -0.2) is 27.6 Å². The molecule has 104 valence electrons. The van der Waals surface area contributed by atoms with Gasteiger partial charge in [0.15, 0.2) is 0 Å². The average molecular weight is 273 g/mol. The molecule has 0 fully saturated rings. The fourth-order valence-corrected chi connectivity index (χ4v) is 1.80. The van der Waals surface area contributed by atoms with Gasteiger partial charge in [-0.3, -0.25) is 9.48 Å². The number of hydrogen-bond acceptors (Lipinski definition) is 2. The Kier molecular flexibility index (Phi) is 4.30. The van der Waals surface area contributed by atoms with Gasteiger partial charge < -0.3 is 4.90 Å². The summed E-state index contributed by atoms with van der Waals surface area (Å²) in [5, 5.41) is 4.05. The summed E-state index contributed by atoms with van der Waals surface area (Å²) < 4.78 is 15.1. The zero-order valence-corrected chi connectivity index (χ0v) is 11.5. The monoisotopic (exact) mass is 273 g/mol. The second-order valence-corrected chi connectivity index (χ2v) is 4.57. The molecule has 4 nitrogen and oxygen atoms in total. The van der Waals surface area contributed by atoms with E-state index in [-0.39, 0.29) is 11.7 Å². The number of aromatic nitrogens is 2. The van der Waals surface area contributed by atoms with E-state index in [2.05, 4.69) is 5.10 Å². The molecule has 20 heavy (non-hydrogen) atoms. The predicted octanol–water partition coefficient (Wildman–Crippen LogP) is 2.23. The molecule has 0 aliphatic rings. The van der Waals surface area contributed by atoms with Crippen molar-refractivity contribution in [1.29, 1.82) is 0 Å². The lowest BCUT2D eigenvalue weighted by atomic mass is 10.2. The van der Waals surface area contributed by atoms with Gasteiger partial charge in [-0.05, 0) is 12.1 Å². The second-order valence-electron chi connectivity index (χ2n) is 4.57. The summed E-state index contributed by atoms with van der Waals surface area (Å²) in [4.78, 5) is 13.5. The van der Waals surface area contributed by atoms with Gasteiger partial charge in [0.1, 0.15) is 5.82 Å². The predicted molar refractivity (Wildman–Crippen MR) is 75.1 cm³/mol. The lowest BCUT2D eigenvalue weighted by Gasteiger charge is -2.13. The largest absolute Gasteiger partial charge is 0.338 e. The quantitative estimate of drug-likeness (QED) is 0.801. The van der Waals surface area contributed by atoms with E-state index in [0.717, 1.165) is 5.56 Å². The standard InChI is InChI=1S/C15H16FN3O/c1-18(10-12-9-17-19(2)11-12)15(20)8-7-13-5-3-4-6-14(13)16/h3-9,11H,10H2,1-2H3/b8-7+. The smallest absolute Gasteiger partial charge is 0.246 e. The molecule has 0 aliphatic heterocycles. The number of amides is 1. The highest BCUT2D eigenvalue weighted by Crippen LogP contribution is 2.09. The molecule has 2 aromatic rings. The van der Waals surface area contributed by atoms with Crippen molar-refractivity contribution in [1.82, 2.24) is 14.7 Å². The molecule has 5 heteroatoms. The number of rotatable bonds is 4. The summed E-state index contributed by atoms with van der Waals surface area (Å²) in [6, 6.07) is 6.33. The van der Waals surface area contributed by atoms with Gasteiger partial charge >= 0.3 is 0 Å². The van der Waals surface area contributed by atoms with Crippen LogP contribution in [0.5, 0.6) is 0 Å². The van der Waals surface area contributed by atoms with Crippen LogP contribution < -0.4 is 0 Å². The Morgan fingerprint density at radius 3 is 2.85 bits per heavy atom. The number of carbonyl (C=O) groups excluding carboxylic acids is 1. The van der Waals surface area contributed by atoms with Crippen LogP contribution in [0.15, 0.2) is 42.7 Å².